The van der Waals surface area contributed by atoms with Gasteiger partial charge in [0, 0.05) is 12.1 Å². The summed E-state index contributed by atoms with van der Waals surface area (Å²) in [5, 5.41) is 9.25. The van der Waals surface area contributed by atoms with Crippen LogP contribution in [0.1, 0.15) is 11.1 Å². The molecule has 0 unspecified atom stereocenters. The Morgan fingerprint density at radius 1 is 1.17 bits per heavy atom. The molecule has 18 heavy (non-hydrogen) atoms. The Hall–Kier alpha value is -1.12. The maximum atomic E-state index is 8.70. The zero-order valence-electron chi connectivity index (χ0n) is 10.3. The molecule has 0 aliphatic rings. The molecule has 0 radical (unpaired) electrons. The highest BCUT2D eigenvalue weighted by atomic mass is 35.5. The number of halogens is 1. The smallest absolute Gasteiger partial charge is 0.0992 e. The second-order valence-corrected chi connectivity index (χ2v) is 3.98. The van der Waals surface area contributed by atoms with Gasteiger partial charge in [0.25, 0.3) is 0 Å². The van der Waals surface area contributed by atoms with Crippen molar-refractivity contribution in [3.05, 3.63) is 34.3 Å². The molecule has 0 bridgehead atoms. The van der Waals surface area contributed by atoms with Crippen LogP contribution in [0.25, 0.3) is 0 Å². The Morgan fingerprint density at radius 3 is 2.56 bits per heavy atom. The molecule has 0 atom stereocenters. The summed E-state index contributed by atoms with van der Waals surface area (Å²) in [4.78, 5) is 0. The molecule has 1 aromatic rings. The molecule has 0 aliphatic heterocycles. The lowest BCUT2D eigenvalue weighted by molar-refractivity contribution is 0.0200. The standard InChI is InChI=1S/C13H16ClNO3/c1-16-4-5-17-6-7-18-10-12-3-2-11(9-15)8-13(12)14/h2-3,8H,4-7,10H2,1H3. The van der Waals surface area contributed by atoms with Gasteiger partial charge in [-0.1, -0.05) is 17.7 Å². The number of hydrogen-bond acceptors (Lipinski definition) is 4. The number of rotatable bonds is 8. The molecule has 0 aromatic heterocycles. The average molecular weight is 270 g/mol. The molecule has 4 nitrogen and oxygen atoms in total. The first kappa shape index (κ1) is 14.9. The number of ether oxygens (including phenoxy) is 3. The van der Waals surface area contributed by atoms with Crippen LogP contribution in [-0.2, 0) is 20.8 Å². The third-order valence-electron chi connectivity index (χ3n) is 2.24. The van der Waals surface area contributed by atoms with Crippen molar-refractivity contribution in [2.24, 2.45) is 0 Å². The summed E-state index contributed by atoms with van der Waals surface area (Å²) in [6.45, 7) is 2.59. The van der Waals surface area contributed by atoms with Gasteiger partial charge in [0.1, 0.15) is 0 Å². The molecular formula is C13H16ClNO3. The van der Waals surface area contributed by atoms with Crippen molar-refractivity contribution in [2.45, 2.75) is 6.61 Å². The second-order valence-electron chi connectivity index (χ2n) is 3.58. The lowest BCUT2D eigenvalue weighted by Crippen LogP contribution is -2.08. The van der Waals surface area contributed by atoms with Gasteiger partial charge < -0.3 is 14.2 Å². The van der Waals surface area contributed by atoms with Crippen LogP contribution < -0.4 is 0 Å². The van der Waals surface area contributed by atoms with Crippen LogP contribution >= 0.6 is 11.6 Å². The first-order valence-corrected chi connectivity index (χ1v) is 5.98. The lowest BCUT2D eigenvalue weighted by Gasteiger charge is -2.07. The van der Waals surface area contributed by atoms with Crippen molar-refractivity contribution >= 4 is 11.6 Å². The molecule has 1 aromatic carbocycles. The van der Waals surface area contributed by atoms with Crippen LogP contribution in [0.5, 0.6) is 0 Å². The maximum Gasteiger partial charge on any atom is 0.0992 e. The van der Waals surface area contributed by atoms with E-state index in [0.717, 1.165) is 5.56 Å². The molecule has 98 valence electrons. The largest absolute Gasteiger partial charge is 0.382 e. The molecule has 1 rings (SSSR count). The van der Waals surface area contributed by atoms with E-state index in [1.165, 1.54) is 0 Å². The molecule has 0 saturated heterocycles. The fourth-order valence-corrected chi connectivity index (χ4v) is 1.51. The molecule has 0 N–H and O–H groups in total. The van der Waals surface area contributed by atoms with E-state index < -0.39 is 0 Å². The quantitative estimate of drug-likeness (QED) is 0.680. The van der Waals surface area contributed by atoms with Gasteiger partial charge in [-0.2, -0.15) is 5.26 Å². The normalized spacial score (nSPS) is 10.3. The van der Waals surface area contributed by atoms with E-state index in [-0.39, 0.29) is 0 Å². The van der Waals surface area contributed by atoms with Crippen molar-refractivity contribution in [1.29, 1.82) is 5.26 Å². The molecule has 0 amide bonds. The Labute approximate surface area is 112 Å². The van der Waals surface area contributed by atoms with Crippen molar-refractivity contribution < 1.29 is 14.2 Å². The summed E-state index contributed by atoms with van der Waals surface area (Å²) in [5.41, 5.74) is 1.42. The van der Waals surface area contributed by atoms with Gasteiger partial charge in [-0.05, 0) is 17.7 Å². The predicted molar refractivity (Wildman–Crippen MR) is 68.5 cm³/mol. The van der Waals surface area contributed by atoms with Gasteiger partial charge in [0.2, 0.25) is 0 Å². The highest BCUT2D eigenvalue weighted by molar-refractivity contribution is 6.31. The first-order chi connectivity index (χ1) is 8.77. The van der Waals surface area contributed by atoms with Crippen molar-refractivity contribution in [1.82, 2.24) is 0 Å². The summed E-state index contributed by atoms with van der Waals surface area (Å²) in [6, 6.07) is 7.19. The van der Waals surface area contributed by atoms with Gasteiger partial charge in [0.15, 0.2) is 0 Å². The van der Waals surface area contributed by atoms with E-state index >= 15 is 0 Å². The molecular weight excluding hydrogens is 254 g/mol. The van der Waals surface area contributed by atoms with Crippen LogP contribution in [0.15, 0.2) is 18.2 Å². The van der Waals surface area contributed by atoms with E-state index in [9.17, 15) is 0 Å². The SMILES string of the molecule is COCCOCCOCc1ccc(C#N)cc1Cl. The first-order valence-electron chi connectivity index (χ1n) is 5.61. The molecule has 0 aliphatic carbocycles. The monoisotopic (exact) mass is 269 g/mol. The second kappa shape index (κ2) is 8.90. The summed E-state index contributed by atoms with van der Waals surface area (Å²) in [5.74, 6) is 0. The van der Waals surface area contributed by atoms with Gasteiger partial charge in [-0.15, -0.1) is 0 Å². The van der Waals surface area contributed by atoms with Gasteiger partial charge in [0.05, 0.1) is 44.7 Å². The minimum atomic E-state index is 0.415. The third-order valence-corrected chi connectivity index (χ3v) is 2.60. The summed E-state index contributed by atoms with van der Waals surface area (Å²) < 4.78 is 15.5. The number of nitrogens with zero attached hydrogens (tertiary/aromatic N) is 1. The Balaban J connectivity index is 2.21. The lowest BCUT2D eigenvalue weighted by atomic mass is 10.1. The van der Waals surface area contributed by atoms with Crippen molar-refractivity contribution in [2.75, 3.05) is 33.5 Å². The molecule has 0 heterocycles. The predicted octanol–water partition coefficient (Wildman–Crippen LogP) is 2.39. The van der Waals surface area contributed by atoms with E-state index in [2.05, 4.69) is 0 Å². The summed E-state index contributed by atoms with van der Waals surface area (Å²) in [6.07, 6.45) is 0. The zero-order valence-corrected chi connectivity index (χ0v) is 11.1. The van der Waals surface area contributed by atoms with Crippen molar-refractivity contribution in [3.8, 4) is 6.07 Å². The molecule has 0 fully saturated rings. The van der Waals surface area contributed by atoms with Crippen LogP contribution in [0.3, 0.4) is 0 Å². The van der Waals surface area contributed by atoms with E-state index in [4.69, 9.17) is 31.1 Å². The average Bonchev–Trinajstić information content (AvgIpc) is 2.39. The zero-order chi connectivity index (χ0) is 13.2. The summed E-state index contributed by atoms with van der Waals surface area (Å²) in [7, 11) is 1.63. The van der Waals surface area contributed by atoms with E-state index in [1.807, 2.05) is 6.07 Å². The minimum Gasteiger partial charge on any atom is -0.382 e. The fraction of sp³-hybridized carbons (Fsp3) is 0.462. The Morgan fingerprint density at radius 2 is 1.89 bits per heavy atom. The fourth-order valence-electron chi connectivity index (χ4n) is 1.28. The van der Waals surface area contributed by atoms with Gasteiger partial charge >= 0.3 is 0 Å². The number of methoxy groups -OCH3 is 1. The Kier molecular flexibility index (Phi) is 7.38. The van der Waals surface area contributed by atoms with Crippen LogP contribution in [-0.4, -0.2) is 33.5 Å². The molecule has 0 saturated carbocycles. The highest BCUT2D eigenvalue weighted by Crippen LogP contribution is 2.18. The van der Waals surface area contributed by atoms with Gasteiger partial charge in [-0.25, -0.2) is 0 Å². The maximum absolute atomic E-state index is 8.70. The van der Waals surface area contributed by atoms with Crippen LogP contribution in [0.4, 0.5) is 0 Å². The van der Waals surface area contributed by atoms with Gasteiger partial charge in [-0.3, -0.25) is 0 Å². The molecule has 5 heteroatoms. The highest BCUT2D eigenvalue weighted by Gasteiger charge is 2.01. The van der Waals surface area contributed by atoms with Crippen LogP contribution in [0, 0.1) is 11.3 Å². The third kappa shape index (κ3) is 5.48. The van der Waals surface area contributed by atoms with E-state index in [0.29, 0.717) is 43.6 Å². The Bertz CT molecular complexity index is 404. The summed E-state index contributed by atoms with van der Waals surface area (Å²) >= 11 is 6.01. The number of nitriles is 1. The molecule has 0 spiro atoms. The topological polar surface area (TPSA) is 51.5 Å². The van der Waals surface area contributed by atoms with Crippen molar-refractivity contribution in [3.63, 3.8) is 0 Å². The number of benzene rings is 1. The minimum absolute atomic E-state index is 0.415. The van der Waals surface area contributed by atoms with E-state index in [1.54, 1.807) is 25.3 Å². The number of hydrogen-bond donors (Lipinski definition) is 0. The van der Waals surface area contributed by atoms with Crippen LogP contribution in [0.2, 0.25) is 5.02 Å².